The van der Waals surface area contributed by atoms with Gasteiger partial charge in [-0.15, -0.1) is 0 Å². The van der Waals surface area contributed by atoms with Gasteiger partial charge in [0.05, 0.1) is 11.9 Å². The molecule has 1 N–H and O–H groups in total. The van der Waals surface area contributed by atoms with Crippen molar-refractivity contribution in [2.45, 2.75) is 18.4 Å². The van der Waals surface area contributed by atoms with E-state index in [4.69, 9.17) is 4.74 Å². The number of anilines is 1. The molecule has 6 nitrogen and oxygen atoms in total. The van der Waals surface area contributed by atoms with Gasteiger partial charge in [0, 0.05) is 31.5 Å². The molecule has 3 aromatic rings. The van der Waals surface area contributed by atoms with Crippen molar-refractivity contribution in [3.05, 3.63) is 90.0 Å². The van der Waals surface area contributed by atoms with E-state index in [1.54, 1.807) is 12.1 Å². The number of ether oxygens (including phenoxy) is 1. The Kier molecular flexibility index (Phi) is 6.67. The van der Waals surface area contributed by atoms with Gasteiger partial charge in [0.15, 0.2) is 5.82 Å². The molecule has 1 aliphatic rings. The van der Waals surface area contributed by atoms with Gasteiger partial charge < -0.3 is 4.74 Å². The van der Waals surface area contributed by atoms with Crippen LogP contribution in [0.15, 0.2) is 72.8 Å². The van der Waals surface area contributed by atoms with Gasteiger partial charge >= 0.3 is 6.09 Å². The van der Waals surface area contributed by atoms with E-state index in [0.29, 0.717) is 12.0 Å². The molecular weight excluding hydrogens is 462 g/mol. The number of hydrogen-bond donors (Lipinski definition) is 1. The largest absolute Gasteiger partial charge is 0.438 e. The zero-order valence-corrected chi connectivity index (χ0v) is 19.3. The first-order valence-corrected chi connectivity index (χ1v) is 12.6. The molecule has 1 aliphatic heterocycles. The van der Waals surface area contributed by atoms with Gasteiger partial charge in [-0.25, -0.2) is 26.7 Å². The molecule has 1 fully saturated rings. The van der Waals surface area contributed by atoms with E-state index in [2.05, 4.69) is 4.72 Å². The van der Waals surface area contributed by atoms with E-state index in [1.807, 2.05) is 30.3 Å². The summed E-state index contributed by atoms with van der Waals surface area (Å²) in [4.78, 5) is 14.4. The summed E-state index contributed by atoms with van der Waals surface area (Å²) in [6.45, 7) is 0.242. The highest BCUT2D eigenvalue weighted by Crippen LogP contribution is 2.40. The summed E-state index contributed by atoms with van der Waals surface area (Å²) in [6.07, 6.45) is 0.883. The fourth-order valence-electron chi connectivity index (χ4n) is 4.16. The Bertz CT molecular complexity index is 1280. The lowest BCUT2D eigenvalue weighted by Gasteiger charge is -2.41. The zero-order valence-electron chi connectivity index (χ0n) is 18.5. The van der Waals surface area contributed by atoms with Gasteiger partial charge in [0.2, 0.25) is 10.0 Å². The number of nitrogens with zero attached hydrogens (tertiary/aromatic N) is 1. The molecule has 1 saturated heterocycles. The third-order valence-electron chi connectivity index (χ3n) is 5.86. The minimum Gasteiger partial charge on any atom is -0.438 e. The van der Waals surface area contributed by atoms with Crippen molar-refractivity contribution in [3.63, 3.8) is 0 Å². The number of halogens is 2. The molecule has 4 rings (SSSR count). The van der Waals surface area contributed by atoms with Gasteiger partial charge in [-0.2, -0.15) is 0 Å². The van der Waals surface area contributed by atoms with E-state index in [1.165, 1.54) is 35.2 Å². The minimum absolute atomic E-state index is 0.0581. The normalized spacial score (nSPS) is 18.6. The van der Waals surface area contributed by atoms with E-state index in [-0.39, 0.29) is 30.8 Å². The number of hydrogen-bond acceptors (Lipinski definition) is 4. The summed E-state index contributed by atoms with van der Waals surface area (Å²) in [5.74, 6) is -1.04. The van der Waals surface area contributed by atoms with E-state index in [9.17, 15) is 17.6 Å². The molecular formula is C25H24F2N2O4S. The Balaban J connectivity index is 1.62. The van der Waals surface area contributed by atoms with Crippen LogP contribution in [0, 0.1) is 11.6 Å². The maximum absolute atomic E-state index is 15.4. The molecule has 0 radical (unpaired) electrons. The van der Waals surface area contributed by atoms with Gasteiger partial charge in [0.1, 0.15) is 11.4 Å². The highest BCUT2D eigenvalue weighted by atomic mass is 32.2. The minimum atomic E-state index is -3.41. The van der Waals surface area contributed by atoms with Crippen molar-refractivity contribution in [2.75, 3.05) is 24.2 Å². The Morgan fingerprint density at radius 2 is 1.71 bits per heavy atom. The summed E-state index contributed by atoms with van der Waals surface area (Å²) in [5.41, 5.74) is 0.457. The van der Waals surface area contributed by atoms with Gasteiger partial charge in [0.25, 0.3) is 0 Å². The summed E-state index contributed by atoms with van der Waals surface area (Å²) in [7, 11) is -3.41. The van der Waals surface area contributed by atoms with Crippen LogP contribution in [-0.4, -0.2) is 33.9 Å². The lowest BCUT2D eigenvalue weighted by molar-refractivity contribution is -0.0145. The van der Waals surface area contributed by atoms with Crippen molar-refractivity contribution in [1.82, 2.24) is 4.72 Å². The number of carbonyl (C=O) groups excluding carboxylic acids is 1. The molecule has 0 bridgehead atoms. The molecule has 178 valence electrons. The van der Waals surface area contributed by atoms with Crippen LogP contribution in [0.3, 0.4) is 0 Å². The average molecular weight is 487 g/mol. The van der Waals surface area contributed by atoms with E-state index >= 15 is 4.39 Å². The molecule has 34 heavy (non-hydrogen) atoms. The quantitative estimate of drug-likeness (QED) is 0.520. The maximum atomic E-state index is 15.4. The molecule has 3 aromatic carbocycles. The topological polar surface area (TPSA) is 75.7 Å². The number of carbonyl (C=O) groups is 1. The Hall–Kier alpha value is -3.30. The summed E-state index contributed by atoms with van der Waals surface area (Å²) < 4.78 is 60.1. The summed E-state index contributed by atoms with van der Waals surface area (Å²) >= 11 is 0. The molecule has 0 unspecified atom stereocenters. The lowest BCUT2D eigenvalue weighted by atomic mass is 9.85. The number of sulfonamides is 1. The monoisotopic (exact) mass is 486 g/mol. The second-order valence-electron chi connectivity index (χ2n) is 8.19. The molecule has 9 heteroatoms. The Morgan fingerprint density at radius 3 is 2.35 bits per heavy atom. The van der Waals surface area contributed by atoms with Crippen LogP contribution >= 0.6 is 0 Å². The summed E-state index contributed by atoms with van der Waals surface area (Å²) in [5, 5.41) is 0. The van der Waals surface area contributed by atoms with Crippen LogP contribution in [0.1, 0.15) is 18.4 Å². The van der Waals surface area contributed by atoms with Gasteiger partial charge in [-0.05, 0) is 29.3 Å². The number of benzene rings is 3. The van der Waals surface area contributed by atoms with Crippen molar-refractivity contribution in [3.8, 4) is 11.1 Å². The number of cyclic esters (lactones) is 1. The first kappa shape index (κ1) is 23.8. The molecule has 0 aromatic heterocycles. The molecule has 1 atom stereocenters. The molecule has 1 heterocycles. The van der Waals surface area contributed by atoms with Crippen LogP contribution < -0.4 is 9.62 Å². The van der Waals surface area contributed by atoms with Crippen molar-refractivity contribution in [1.29, 1.82) is 0 Å². The standard InChI is InChI=1S/C25H24F2N2O4S/c1-34(31,32)28-16-14-25(19-6-3-2-4-7-19)15-17-29(24(30)33-25)22-9-5-8-21(23(22)27)18-10-12-20(26)13-11-18/h2-13,28H,14-17H2,1H3/t25-/m1/s1. The van der Waals surface area contributed by atoms with Gasteiger partial charge in [-0.3, -0.25) is 4.90 Å². The SMILES string of the molecule is CS(=O)(=O)NCC[C@]1(c2ccccc2)CCN(c2cccc(-c3ccc(F)cc3)c2F)C(=O)O1. The van der Waals surface area contributed by atoms with E-state index < -0.39 is 33.4 Å². The second kappa shape index (κ2) is 9.52. The molecule has 0 spiro atoms. The van der Waals surface area contributed by atoms with Crippen LogP contribution in [0.5, 0.6) is 0 Å². The zero-order chi connectivity index (χ0) is 24.3. The van der Waals surface area contributed by atoms with Crippen LogP contribution in [0.2, 0.25) is 0 Å². The molecule has 0 saturated carbocycles. The smallest absolute Gasteiger partial charge is 0.415 e. The average Bonchev–Trinajstić information content (AvgIpc) is 2.80. The Morgan fingerprint density at radius 1 is 1.00 bits per heavy atom. The fourth-order valence-corrected chi connectivity index (χ4v) is 4.63. The van der Waals surface area contributed by atoms with Crippen LogP contribution in [0.25, 0.3) is 11.1 Å². The highest BCUT2D eigenvalue weighted by molar-refractivity contribution is 7.88. The van der Waals surface area contributed by atoms with E-state index in [0.717, 1.165) is 11.8 Å². The number of amides is 1. The third kappa shape index (κ3) is 5.10. The molecule has 1 amide bonds. The summed E-state index contributed by atoms with van der Waals surface area (Å²) in [6, 6.07) is 19.2. The third-order valence-corrected chi connectivity index (χ3v) is 6.59. The predicted molar refractivity (Wildman–Crippen MR) is 126 cm³/mol. The number of rotatable bonds is 7. The van der Waals surface area contributed by atoms with Crippen molar-refractivity contribution in [2.24, 2.45) is 0 Å². The highest BCUT2D eigenvalue weighted by Gasteiger charge is 2.43. The maximum Gasteiger partial charge on any atom is 0.415 e. The molecule has 0 aliphatic carbocycles. The first-order valence-electron chi connectivity index (χ1n) is 10.7. The van der Waals surface area contributed by atoms with Crippen LogP contribution in [-0.2, 0) is 20.4 Å². The van der Waals surface area contributed by atoms with Crippen LogP contribution in [0.4, 0.5) is 19.3 Å². The second-order valence-corrected chi connectivity index (χ2v) is 10.0. The van der Waals surface area contributed by atoms with Crippen molar-refractivity contribution >= 4 is 21.8 Å². The first-order chi connectivity index (χ1) is 16.2. The predicted octanol–water partition coefficient (Wildman–Crippen LogP) is 4.81. The lowest BCUT2D eigenvalue weighted by Crippen LogP contribution is -2.49. The Labute approximate surface area is 197 Å². The van der Waals surface area contributed by atoms with Crippen molar-refractivity contribution < 1.29 is 26.7 Å². The van der Waals surface area contributed by atoms with Gasteiger partial charge in [-0.1, -0.05) is 54.6 Å². The fraction of sp³-hybridized carbons (Fsp3) is 0.240. The number of nitrogens with one attached hydrogen (secondary N) is 1.